The number of hydrogen-bond donors (Lipinski definition) is 0. The Kier molecular flexibility index (Phi) is 2.79. The van der Waals surface area contributed by atoms with Crippen molar-refractivity contribution in [3.05, 3.63) is 36.5 Å². The molecule has 90 valence electrons. The van der Waals surface area contributed by atoms with Crippen LogP contribution in [0.2, 0.25) is 0 Å². The number of nitrogens with zero attached hydrogens (tertiary/aromatic N) is 1. The van der Waals surface area contributed by atoms with E-state index in [2.05, 4.69) is 4.74 Å². The van der Waals surface area contributed by atoms with Crippen molar-refractivity contribution in [3.63, 3.8) is 0 Å². The summed E-state index contributed by atoms with van der Waals surface area (Å²) in [6.45, 7) is 0.208. The number of anilines is 1. The van der Waals surface area contributed by atoms with Gasteiger partial charge in [-0.2, -0.15) is 0 Å². The first-order valence-corrected chi connectivity index (χ1v) is 4.77. The average molecular weight is 243 g/mol. The van der Waals surface area contributed by atoms with E-state index >= 15 is 0 Å². The van der Waals surface area contributed by atoms with Gasteiger partial charge in [0.05, 0.1) is 6.54 Å². The third kappa shape index (κ3) is 2.99. The second-order valence-electron chi connectivity index (χ2n) is 3.45. The van der Waals surface area contributed by atoms with Crippen LogP contribution in [0.4, 0.5) is 18.9 Å². The van der Waals surface area contributed by atoms with E-state index in [-0.39, 0.29) is 18.1 Å². The van der Waals surface area contributed by atoms with Crippen LogP contribution < -0.4 is 9.64 Å². The summed E-state index contributed by atoms with van der Waals surface area (Å²) >= 11 is 0. The Morgan fingerprint density at radius 2 is 1.82 bits per heavy atom. The summed E-state index contributed by atoms with van der Waals surface area (Å²) in [4.78, 5) is 12.6. The molecule has 0 aromatic heterocycles. The minimum absolute atomic E-state index is 0.0411. The van der Waals surface area contributed by atoms with Gasteiger partial charge in [-0.3, -0.25) is 4.79 Å². The first-order chi connectivity index (χ1) is 7.94. The summed E-state index contributed by atoms with van der Waals surface area (Å²) in [5.74, 6) is -0.323. The van der Waals surface area contributed by atoms with Crippen molar-refractivity contribution >= 4 is 11.5 Å². The predicted octanol–water partition coefficient (Wildman–Crippen LogP) is 2.49. The molecule has 0 radical (unpaired) electrons. The van der Waals surface area contributed by atoms with Crippen molar-refractivity contribution in [1.82, 2.24) is 0 Å². The number of ether oxygens (including phenoxy) is 1. The number of alkyl halides is 3. The standard InChI is InChI=1S/C11H8F3NO2/c12-11(13,14)17-10-3-1-8(2-4-10)15-6-5-9(16)7-15/h1-6H,7H2. The minimum Gasteiger partial charge on any atom is -0.406 e. The van der Waals surface area contributed by atoms with Crippen LogP contribution >= 0.6 is 0 Å². The largest absolute Gasteiger partial charge is 0.573 e. The molecule has 1 aromatic carbocycles. The fourth-order valence-electron chi connectivity index (χ4n) is 1.46. The van der Waals surface area contributed by atoms with E-state index in [9.17, 15) is 18.0 Å². The zero-order chi connectivity index (χ0) is 12.5. The molecule has 0 fully saturated rings. The number of benzene rings is 1. The molecule has 1 aliphatic rings. The summed E-state index contributed by atoms with van der Waals surface area (Å²) in [6, 6.07) is 5.34. The Bertz CT molecular complexity index is 451. The number of carbonyl (C=O) groups is 1. The fourth-order valence-corrected chi connectivity index (χ4v) is 1.46. The maximum Gasteiger partial charge on any atom is 0.573 e. The van der Waals surface area contributed by atoms with Gasteiger partial charge < -0.3 is 9.64 Å². The lowest BCUT2D eigenvalue weighted by molar-refractivity contribution is -0.274. The highest BCUT2D eigenvalue weighted by atomic mass is 19.4. The van der Waals surface area contributed by atoms with Gasteiger partial charge in [-0.25, -0.2) is 0 Å². The summed E-state index contributed by atoms with van der Waals surface area (Å²) in [7, 11) is 0. The minimum atomic E-state index is -4.69. The quantitative estimate of drug-likeness (QED) is 0.799. The molecule has 3 nitrogen and oxygen atoms in total. The molecule has 2 rings (SSSR count). The molecule has 0 aliphatic carbocycles. The van der Waals surface area contributed by atoms with Crippen LogP contribution in [0.25, 0.3) is 0 Å². The van der Waals surface area contributed by atoms with Gasteiger partial charge in [-0.1, -0.05) is 0 Å². The Hall–Kier alpha value is -1.98. The lowest BCUT2D eigenvalue weighted by atomic mass is 10.3. The van der Waals surface area contributed by atoms with Gasteiger partial charge in [-0.05, 0) is 30.3 Å². The van der Waals surface area contributed by atoms with Crippen molar-refractivity contribution in [1.29, 1.82) is 0 Å². The summed E-state index contributed by atoms with van der Waals surface area (Å²) in [6.07, 6.45) is -1.69. The smallest absolute Gasteiger partial charge is 0.406 e. The second-order valence-corrected chi connectivity index (χ2v) is 3.45. The van der Waals surface area contributed by atoms with Gasteiger partial charge >= 0.3 is 6.36 Å². The molecule has 1 aromatic rings. The summed E-state index contributed by atoms with van der Waals surface area (Å²) < 4.78 is 39.5. The number of rotatable bonds is 2. The lowest BCUT2D eigenvalue weighted by Crippen LogP contribution is -2.18. The Morgan fingerprint density at radius 3 is 2.29 bits per heavy atom. The third-order valence-electron chi connectivity index (χ3n) is 2.17. The summed E-state index contributed by atoms with van der Waals surface area (Å²) in [5, 5.41) is 0. The van der Waals surface area contributed by atoms with Crippen LogP contribution in [0.15, 0.2) is 36.5 Å². The normalized spacial score (nSPS) is 15.5. The van der Waals surface area contributed by atoms with E-state index in [0.717, 1.165) is 0 Å². The molecule has 0 N–H and O–H groups in total. The first kappa shape index (κ1) is 11.5. The molecule has 6 heteroatoms. The van der Waals surface area contributed by atoms with Crippen molar-refractivity contribution in [2.24, 2.45) is 0 Å². The Morgan fingerprint density at radius 1 is 1.18 bits per heavy atom. The molecule has 0 spiro atoms. The van der Waals surface area contributed by atoms with Crippen LogP contribution in [0.3, 0.4) is 0 Å². The highest BCUT2D eigenvalue weighted by Gasteiger charge is 2.31. The van der Waals surface area contributed by atoms with Crippen molar-refractivity contribution < 1.29 is 22.7 Å². The zero-order valence-electron chi connectivity index (χ0n) is 8.57. The number of halogens is 3. The Balaban J connectivity index is 2.08. The van der Waals surface area contributed by atoms with Gasteiger partial charge in [0.15, 0.2) is 5.78 Å². The number of hydrogen-bond acceptors (Lipinski definition) is 3. The van der Waals surface area contributed by atoms with Crippen molar-refractivity contribution in [2.75, 3.05) is 11.4 Å². The van der Waals surface area contributed by atoms with Gasteiger partial charge in [0, 0.05) is 11.9 Å². The molecular formula is C11H8F3NO2. The molecule has 0 saturated carbocycles. The lowest BCUT2D eigenvalue weighted by Gasteiger charge is -2.15. The second kappa shape index (κ2) is 4.12. The molecule has 0 atom stereocenters. The topological polar surface area (TPSA) is 29.5 Å². The van der Waals surface area contributed by atoms with E-state index in [4.69, 9.17) is 0 Å². The van der Waals surface area contributed by atoms with Crippen LogP contribution in [-0.4, -0.2) is 18.7 Å². The predicted molar refractivity (Wildman–Crippen MR) is 54.6 cm³/mol. The highest BCUT2D eigenvalue weighted by Crippen LogP contribution is 2.26. The van der Waals surface area contributed by atoms with E-state index < -0.39 is 6.36 Å². The monoisotopic (exact) mass is 243 g/mol. The Labute approximate surface area is 95.1 Å². The molecule has 17 heavy (non-hydrogen) atoms. The van der Waals surface area contributed by atoms with Gasteiger partial charge in [0.1, 0.15) is 5.75 Å². The SMILES string of the molecule is O=C1C=CN(c2ccc(OC(F)(F)F)cc2)C1. The van der Waals surface area contributed by atoms with Gasteiger partial charge in [-0.15, -0.1) is 13.2 Å². The first-order valence-electron chi connectivity index (χ1n) is 4.77. The van der Waals surface area contributed by atoms with Crippen LogP contribution in [0.1, 0.15) is 0 Å². The van der Waals surface area contributed by atoms with Gasteiger partial charge in [0.2, 0.25) is 0 Å². The molecule has 1 heterocycles. The molecule has 0 unspecified atom stereocenters. The van der Waals surface area contributed by atoms with Crippen LogP contribution in [-0.2, 0) is 4.79 Å². The molecule has 1 aliphatic heterocycles. The van der Waals surface area contributed by atoms with Crippen LogP contribution in [0.5, 0.6) is 5.75 Å². The maximum atomic E-state index is 11.9. The average Bonchev–Trinajstić information content (AvgIpc) is 2.63. The van der Waals surface area contributed by atoms with Crippen molar-refractivity contribution in [3.8, 4) is 5.75 Å². The third-order valence-corrected chi connectivity index (χ3v) is 2.17. The van der Waals surface area contributed by atoms with E-state index in [0.29, 0.717) is 5.69 Å². The molecule has 0 saturated heterocycles. The number of carbonyl (C=O) groups excluding carboxylic acids is 1. The van der Waals surface area contributed by atoms with E-state index in [1.165, 1.54) is 30.3 Å². The van der Waals surface area contributed by atoms with Gasteiger partial charge in [0.25, 0.3) is 0 Å². The number of ketones is 1. The molecular weight excluding hydrogens is 235 g/mol. The zero-order valence-corrected chi connectivity index (χ0v) is 8.57. The van der Waals surface area contributed by atoms with Crippen LogP contribution in [0, 0.1) is 0 Å². The fraction of sp³-hybridized carbons (Fsp3) is 0.182. The molecule has 0 amide bonds. The van der Waals surface area contributed by atoms with E-state index in [1.807, 2.05) is 0 Å². The van der Waals surface area contributed by atoms with Crippen molar-refractivity contribution in [2.45, 2.75) is 6.36 Å². The molecule has 0 bridgehead atoms. The maximum absolute atomic E-state index is 11.9. The highest BCUT2D eigenvalue weighted by molar-refractivity contribution is 5.97. The van der Waals surface area contributed by atoms with E-state index in [1.54, 1.807) is 11.1 Å². The summed E-state index contributed by atoms with van der Waals surface area (Å²) in [5.41, 5.74) is 0.640.